The number of alkyl halides is 2. The molecular formula is C42H42Cl2F3N3O7. The van der Waals surface area contributed by atoms with Crippen molar-refractivity contribution in [2.75, 3.05) is 26.2 Å². The summed E-state index contributed by atoms with van der Waals surface area (Å²) in [6.45, 7) is -0.330. The Morgan fingerprint density at radius 1 is 0.965 bits per heavy atom. The third-order valence-corrected chi connectivity index (χ3v) is 11.9. The van der Waals surface area contributed by atoms with Crippen molar-refractivity contribution in [1.29, 1.82) is 0 Å². The van der Waals surface area contributed by atoms with Gasteiger partial charge in [0.1, 0.15) is 27.5 Å². The molecule has 4 fully saturated rings. The lowest BCUT2D eigenvalue weighted by molar-refractivity contribution is -0.605. The zero-order valence-corrected chi connectivity index (χ0v) is 32.4. The first-order valence-electron chi connectivity index (χ1n) is 18.9. The molecule has 3 aliphatic heterocycles. The van der Waals surface area contributed by atoms with Crippen LogP contribution in [-0.2, 0) is 39.3 Å². The first-order valence-corrected chi connectivity index (χ1v) is 19.7. The second-order valence-electron chi connectivity index (χ2n) is 15.0. The van der Waals surface area contributed by atoms with Crippen LogP contribution >= 0.6 is 23.2 Å². The number of esters is 1. The molecule has 3 aromatic carbocycles. The van der Waals surface area contributed by atoms with Crippen LogP contribution in [0.25, 0.3) is 0 Å². The summed E-state index contributed by atoms with van der Waals surface area (Å²) in [6, 6.07) is 17.3. The van der Waals surface area contributed by atoms with Crippen LogP contribution in [0.3, 0.4) is 0 Å². The van der Waals surface area contributed by atoms with E-state index in [1.807, 2.05) is 0 Å². The monoisotopic (exact) mass is 827 g/mol. The van der Waals surface area contributed by atoms with E-state index in [9.17, 15) is 28.7 Å². The number of hydrogen-bond acceptors (Lipinski definition) is 8. The zero-order valence-electron chi connectivity index (χ0n) is 30.9. The average Bonchev–Trinajstić information content (AvgIpc) is 4.02. The predicted octanol–water partition coefficient (Wildman–Crippen LogP) is 7.64. The average molecular weight is 829 g/mol. The largest absolute Gasteiger partial charge is 0.619 e. The number of rotatable bonds is 17. The maximum absolute atomic E-state index is 15.4. The second kappa shape index (κ2) is 17.5. The molecule has 57 heavy (non-hydrogen) atoms. The van der Waals surface area contributed by atoms with E-state index in [1.165, 1.54) is 24.3 Å². The smallest absolute Gasteiger partial charge is 0.387 e. The fourth-order valence-corrected chi connectivity index (χ4v) is 8.66. The van der Waals surface area contributed by atoms with Gasteiger partial charge in [-0.2, -0.15) is 13.5 Å². The molecule has 2 N–H and O–H groups in total. The molecule has 4 heterocycles. The van der Waals surface area contributed by atoms with Crippen LogP contribution < -0.4 is 19.5 Å². The number of benzene rings is 3. The van der Waals surface area contributed by atoms with Crippen LogP contribution in [0.5, 0.6) is 11.5 Å². The van der Waals surface area contributed by atoms with Crippen molar-refractivity contribution in [2.24, 2.45) is 17.8 Å². The summed E-state index contributed by atoms with van der Waals surface area (Å²) < 4.78 is 58.9. The van der Waals surface area contributed by atoms with E-state index in [4.69, 9.17) is 37.4 Å². The highest BCUT2D eigenvalue weighted by atomic mass is 35.5. The molecule has 0 amide bonds. The van der Waals surface area contributed by atoms with E-state index in [-0.39, 0.29) is 58.3 Å². The molecular weight excluding hydrogens is 786 g/mol. The maximum atomic E-state index is 15.4. The lowest BCUT2D eigenvalue weighted by atomic mass is 9.65. The van der Waals surface area contributed by atoms with Crippen molar-refractivity contribution >= 4 is 35.1 Å². The third kappa shape index (κ3) is 9.44. The van der Waals surface area contributed by atoms with Gasteiger partial charge in [0.25, 0.3) is 0 Å². The molecule has 1 aromatic heterocycles. The molecule has 0 radical (unpaired) electrons. The summed E-state index contributed by atoms with van der Waals surface area (Å²) in [7, 11) is 0. The van der Waals surface area contributed by atoms with Crippen LogP contribution in [0.4, 0.5) is 13.2 Å². The number of nitrogens with one attached hydrogen (secondary N) is 1. The molecule has 10 nitrogen and oxygen atoms in total. The molecule has 0 spiro atoms. The van der Waals surface area contributed by atoms with E-state index < -0.39 is 36.0 Å². The summed E-state index contributed by atoms with van der Waals surface area (Å²) in [5.41, 5.74) is 0.478. The first kappa shape index (κ1) is 40.6. The van der Waals surface area contributed by atoms with Gasteiger partial charge >= 0.3 is 18.6 Å². The number of hydrogen-bond donors (Lipinski definition) is 2. The number of carboxylic acids is 1. The molecule has 3 saturated heterocycles. The quantitative estimate of drug-likeness (QED) is 0.0628. The number of fused-ring (bicyclic) bond motifs is 3. The van der Waals surface area contributed by atoms with Crippen LogP contribution in [-0.4, -0.2) is 54.8 Å². The molecule has 1 aliphatic carbocycles. The Labute approximate surface area is 338 Å². The third-order valence-electron chi connectivity index (χ3n) is 11.2. The topological polar surface area (TPSA) is 124 Å². The maximum Gasteiger partial charge on any atom is 0.387 e. The zero-order chi connectivity index (χ0) is 40.3. The molecule has 15 heteroatoms. The number of carboxylic acid groups (broad SMARTS) is 1. The number of pyridine rings is 1. The Kier molecular flexibility index (Phi) is 12.5. The van der Waals surface area contributed by atoms with Crippen molar-refractivity contribution in [3.63, 3.8) is 0 Å². The molecule has 4 aromatic rings. The normalized spacial score (nSPS) is 20.5. The second-order valence-corrected chi connectivity index (χ2v) is 15.8. The highest BCUT2D eigenvalue weighted by molar-refractivity contribution is 6.35. The number of piperidine rings is 3. The highest BCUT2D eigenvalue weighted by Gasteiger charge is 2.54. The fourth-order valence-electron chi connectivity index (χ4n) is 8.06. The van der Waals surface area contributed by atoms with E-state index in [0.717, 1.165) is 56.7 Å². The molecule has 3 atom stereocenters. The van der Waals surface area contributed by atoms with Crippen molar-refractivity contribution in [3.8, 4) is 11.5 Å². The fraction of sp³-hybridized carbons (Fsp3) is 0.405. The van der Waals surface area contributed by atoms with Gasteiger partial charge < -0.3 is 29.4 Å². The van der Waals surface area contributed by atoms with Gasteiger partial charge in [-0.05, 0) is 85.5 Å². The van der Waals surface area contributed by atoms with Gasteiger partial charge in [0, 0.05) is 36.6 Å². The van der Waals surface area contributed by atoms with Gasteiger partial charge in [-0.25, -0.2) is 9.18 Å². The molecule has 302 valence electrons. The standard InChI is InChI=1S/C42H42Cl2F3N3O7/c43-33-22-50(54)23-34(44)30(33)19-37(29-11-12-36(57-41(46)47)38(18-29)55-24-27-9-10-27)56-39(51)17-25-5-7-26(8-6-25)20-48-42(40(52)53,31-3-1-2-4-35(31)45)32-21-49-15-13-28(32)14-16-49/h1-8,11-12,18,22-23,27-28,32,37,41,48H,9-10,13-17,19-21,24H2,(H,52,53)/t32-,37-,42?/m0/s1. The van der Waals surface area contributed by atoms with Gasteiger partial charge in [-0.1, -0.05) is 71.7 Å². The Morgan fingerprint density at radius 2 is 1.65 bits per heavy atom. The van der Waals surface area contributed by atoms with Crippen LogP contribution in [0.1, 0.15) is 59.6 Å². The van der Waals surface area contributed by atoms with E-state index in [2.05, 4.69) is 10.2 Å². The van der Waals surface area contributed by atoms with E-state index in [1.54, 1.807) is 42.5 Å². The molecule has 1 unspecified atom stereocenters. The number of carbonyl (C=O) groups is 2. The van der Waals surface area contributed by atoms with Crippen molar-refractivity contribution < 1.29 is 46.8 Å². The highest BCUT2D eigenvalue weighted by Crippen LogP contribution is 2.45. The lowest BCUT2D eigenvalue weighted by Gasteiger charge is -2.51. The summed E-state index contributed by atoms with van der Waals surface area (Å²) in [5, 5.41) is 26.1. The number of aliphatic carboxylic acids is 1. The molecule has 2 bridgehead atoms. The number of halogens is 5. The van der Waals surface area contributed by atoms with Gasteiger partial charge in [0.2, 0.25) is 0 Å². The Balaban J connectivity index is 1.09. The summed E-state index contributed by atoms with van der Waals surface area (Å²) in [5.74, 6) is -2.39. The van der Waals surface area contributed by atoms with Gasteiger partial charge in [-0.3, -0.25) is 10.1 Å². The summed E-state index contributed by atoms with van der Waals surface area (Å²) in [4.78, 5) is 29.1. The Morgan fingerprint density at radius 3 is 2.26 bits per heavy atom. The van der Waals surface area contributed by atoms with E-state index >= 15 is 4.39 Å². The van der Waals surface area contributed by atoms with Crippen molar-refractivity contribution in [1.82, 2.24) is 10.2 Å². The summed E-state index contributed by atoms with van der Waals surface area (Å²) in [6.07, 6.45) is 4.61. The van der Waals surface area contributed by atoms with Crippen LogP contribution in [0.15, 0.2) is 79.1 Å². The van der Waals surface area contributed by atoms with Crippen molar-refractivity contribution in [2.45, 2.75) is 63.3 Å². The lowest BCUT2D eigenvalue weighted by Crippen LogP contribution is -2.63. The number of ether oxygens (including phenoxy) is 3. The van der Waals surface area contributed by atoms with Gasteiger partial charge in [0.15, 0.2) is 23.9 Å². The Bertz CT molecular complexity index is 2060. The molecule has 4 aliphatic rings. The number of nitrogens with zero attached hydrogens (tertiary/aromatic N) is 2. The number of aromatic nitrogens is 1. The minimum Gasteiger partial charge on any atom is -0.619 e. The van der Waals surface area contributed by atoms with Crippen LogP contribution in [0.2, 0.25) is 10.0 Å². The van der Waals surface area contributed by atoms with Gasteiger partial charge in [-0.15, -0.1) is 0 Å². The number of carbonyl (C=O) groups excluding carboxylic acids is 1. The minimum absolute atomic E-state index is 0.0426. The molecule has 1 saturated carbocycles. The minimum atomic E-state index is -3.09. The Hall–Kier alpha value is -4.56. The molecule has 8 rings (SSSR count). The van der Waals surface area contributed by atoms with Crippen molar-refractivity contribution in [3.05, 3.63) is 128 Å². The SMILES string of the molecule is O=C(Cc1ccc(CNC(C(=O)O)(c2ccccc2F)[C@H]2CN3CCC2CC3)cc1)O[C@@H](Cc1c(Cl)c[n+]([O-])cc1Cl)c1ccc(OC(F)F)c(OCC2CC2)c1. The summed E-state index contributed by atoms with van der Waals surface area (Å²) >= 11 is 12.8. The van der Waals surface area contributed by atoms with Gasteiger partial charge in [0.05, 0.1) is 13.0 Å². The first-order chi connectivity index (χ1) is 27.4. The van der Waals surface area contributed by atoms with Crippen LogP contribution in [0, 0.1) is 28.8 Å². The van der Waals surface area contributed by atoms with E-state index in [0.29, 0.717) is 40.5 Å². The predicted molar refractivity (Wildman–Crippen MR) is 205 cm³/mol.